The fraction of sp³-hybridized carbons (Fsp3) is 0.0556. The van der Waals surface area contributed by atoms with Gasteiger partial charge in [0.1, 0.15) is 11.8 Å². The number of carbonyl (C=O) groups excluding carboxylic acids is 1. The lowest BCUT2D eigenvalue weighted by molar-refractivity contribution is -0.136. The van der Waals surface area contributed by atoms with Gasteiger partial charge in [-0.25, -0.2) is 4.79 Å². The molecule has 7 heteroatoms. The Balaban J connectivity index is 2.22. The predicted octanol–water partition coefficient (Wildman–Crippen LogP) is 3.42. The zero-order valence-corrected chi connectivity index (χ0v) is 14.9. The highest BCUT2D eigenvalue weighted by atomic mass is 79.9. The summed E-state index contributed by atoms with van der Waals surface area (Å²) in [6, 6.07) is 14.7. The van der Waals surface area contributed by atoms with Gasteiger partial charge in [-0.15, -0.1) is 0 Å². The zero-order chi connectivity index (χ0) is 18.1. The molecule has 0 saturated heterocycles. The normalized spacial score (nSPS) is 11.4. The van der Waals surface area contributed by atoms with Gasteiger partial charge in [-0.2, -0.15) is 5.26 Å². The first kappa shape index (κ1) is 18.2. The largest absolute Gasteiger partial charge is 0.464 e. The molecule has 2 aromatic rings. The van der Waals surface area contributed by atoms with Crippen LogP contribution in [0.2, 0.25) is 0 Å². The van der Waals surface area contributed by atoms with E-state index >= 15 is 0 Å². The highest BCUT2D eigenvalue weighted by Crippen LogP contribution is 2.21. The third-order valence-corrected chi connectivity index (χ3v) is 3.78. The van der Waals surface area contributed by atoms with Crippen LogP contribution in [-0.4, -0.2) is 18.1 Å². The molecule has 0 aliphatic carbocycles. The number of para-hydroxylation sites is 1. The number of carbonyl (C=O) groups is 1. The number of nitriles is 1. The van der Waals surface area contributed by atoms with E-state index in [1.54, 1.807) is 24.4 Å². The Morgan fingerprint density at radius 3 is 2.64 bits per heavy atom. The monoisotopic (exact) mass is 398 g/mol. The summed E-state index contributed by atoms with van der Waals surface area (Å²) in [4.78, 5) is 16.0. The van der Waals surface area contributed by atoms with Crippen molar-refractivity contribution < 1.29 is 9.53 Å². The van der Waals surface area contributed by atoms with Crippen molar-refractivity contribution in [2.24, 2.45) is 0 Å². The third kappa shape index (κ3) is 5.19. The van der Waals surface area contributed by atoms with E-state index < -0.39 is 5.97 Å². The SMILES string of the molecule is COC(=O)/C(=C/Nc1ccccc1Br)N/C=C(/C#N)c1ccccn1. The Morgan fingerprint density at radius 2 is 2.00 bits per heavy atom. The number of esters is 1. The lowest BCUT2D eigenvalue weighted by Crippen LogP contribution is -2.18. The summed E-state index contributed by atoms with van der Waals surface area (Å²) in [6.45, 7) is 0. The molecule has 0 amide bonds. The van der Waals surface area contributed by atoms with Crippen LogP contribution in [0.5, 0.6) is 0 Å². The van der Waals surface area contributed by atoms with Crippen LogP contribution < -0.4 is 10.6 Å². The van der Waals surface area contributed by atoms with Crippen LogP contribution in [0, 0.1) is 11.3 Å². The summed E-state index contributed by atoms with van der Waals surface area (Å²) in [7, 11) is 1.28. The Morgan fingerprint density at radius 1 is 1.24 bits per heavy atom. The van der Waals surface area contributed by atoms with Gasteiger partial charge in [0.15, 0.2) is 0 Å². The minimum absolute atomic E-state index is 0.141. The molecule has 0 radical (unpaired) electrons. The molecular weight excluding hydrogens is 384 g/mol. The number of hydrogen-bond donors (Lipinski definition) is 2. The summed E-state index contributed by atoms with van der Waals surface area (Å²) in [6.07, 6.45) is 4.47. The Labute approximate surface area is 154 Å². The molecule has 0 atom stereocenters. The number of anilines is 1. The second kappa shape index (κ2) is 9.25. The molecule has 0 unspecified atom stereocenters. The molecule has 6 nitrogen and oxygen atoms in total. The standard InChI is InChI=1S/C18H15BrN4O2/c1-25-18(24)17(12-23-16-8-3-2-6-14(16)19)22-11-13(10-20)15-7-4-5-9-21-15/h2-9,11-12,22-23H,1H3/b13-11-,17-12-. The first-order valence-corrected chi connectivity index (χ1v) is 8.02. The molecule has 0 fully saturated rings. The fourth-order valence-corrected chi connectivity index (χ4v) is 2.23. The van der Waals surface area contributed by atoms with Gasteiger partial charge in [-0.1, -0.05) is 18.2 Å². The molecule has 1 heterocycles. The number of nitrogens with zero attached hydrogens (tertiary/aromatic N) is 2. The predicted molar refractivity (Wildman–Crippen MR) is 98.8 cm³/mol. The van der Waals surface area contributed by atoms with Crippen molar-refractivity contribution in [2.75, 3.05) is 12.4 Å². The molecule has 1 aromatic heterocycles. The zero-order valence-electron chi connectivity index (χ0n) is 13.4. The second-order valence-corrected chi connectivity index (χ2v) is 5.56. The molecular formula is C18H15BrN4O2. The lowest BCUT2D eigenvalue weighted by atomic mass is 10.2. The van der Waals surface area contributed by atoms with Gasteiger partial charge < -0.3 is 15.4 Å². The molecule has 2 rings (SSSR count). The topological polar surface area (TPSA) is 87.0 Å². The number of aromatic nitrogens is 1. The summed E-state index contributed by atoms with van der Waals surface area (Å²) in [5.41, 5.74) is 1.71. The Kier molecular flexibility index (Phi) is 6.75. The minimum atomic E-state index is -0.575. The van der Waals surface area contributed by atoms with E-state index in [9.17, 15) is 10.1 Å². The smallest absolute Gasteiger partial charge is 0.355 e. The average Bonchev–Trinajstić information content (AvgIpc) is 2.66. The van der Waals surface area contributed by atoms with Gasteiger partial charge in [-0.05, 0) is 40.2 Å². The molecule has 25 heavy (non-hydrogen) atoms. The molecule has 0 spiro atoms. The molecule has 1 aromatic carbocycles. The van der Waals surface area contributed by atoms with E-state index in [1.807, 2.05) is 30.3 Å². The maximum Gasteiger partial charge on any atom is 0.355 e. The highest BCUT2D eigenvalue weighted by molar-refractivity contribution is 9.10. The van der Waals surface area contributed by atoms with Crippen molar-refractivity contribution >= 4 is 33.2 Å². The summed E-state index contributed by atoms with van der Waals surface area (Å²) in [5, 5.41) is 15.1. The van der Waals surface area contributed by atoms with Crippen LogP contribution in [0.1, 0.15) is 5.69 Å². The van der Waals surface area contributed by atoms with Gasteiger partial charge in [0, 0.05) is 23.1 Å². The first-order valence-electron chi connectivity index (χ1n) is 7.23. The quantitative estimate of drug-likeness (QED) is 0.440. The van der Waals surface area contributed by atoms with Crippen molar-refractivity contribution in [3.8, 4) is 6.07 Å². The van der Waals surface area contributed by atoms with Gasteiger partial charge >= 0.3 is 5.97 Å². The number of rotatable bonds is 6. The highest BCUT2D eigenvalue weighted by Gasteiger charge is 2.10. The molecule has 126 valence electrons. The Bertz CT molecular complexity index is 842. The average molecular weight is 399 g/mol. The fourth-order valence-electron chi connectivity index (χ4n) is 1.83. The van der Waals surface area contributed by atoms with E-state index in [0.717, 1.165) is 10.2 Å². The lowest BCUT2D eigenvalue weighted by Gasteiger charge is -2.08. The van der Waals surface area contributed by atoms with Crippen molar-refractivity contribution in [3.63, 3.8) is 0 Å². The minimum Gasteiger partial charge on any atom is -0.464 e. The van der Waals surface area contributed by atoms with Crippen LogP contribution in [0.3, 0.4) is 0 Å². The van der Waals surface area contributed by atoms with Gasteiger partial charge in [0.2, 0.25) is 0 Å². The number of pyridine rings is 1. The van der Waals surface area contributed by atoms with Gasteiger partial charge in [-0.3, -0.25) is 4.98 Å². The van der Waals surface area contributed by atoms with Crippen molar-refractivity contribution in [1.29, 1.82) is 5.26 Å². The van der Waals surface area contributed by atoms with Crippen molar-refractivity contribution in [3.05, 3.63) is 76.9 Å². The number of halogens is 1. The summed E-state index contributed by atoms with van der Waals surface area (Å²) in [5.74, 6) is -0.575. The van der Waals surface area contributed by atoms with E-state index in [4.69, 9.17) is 4.74 Å². The summed E-state index contributed by atoms with van der Waals surface area (Å²) < 4.78 is 5.60. The number of allylic oxidation sites excluding steroid dienone is 1. The molecule has 0 saturated carbocycles. The van der Waals surface area contributed by atoms with Crippen molar-refractivity contribution in [1.82, 2.24) is 10.3 Å². The van der Waals surface area contributed by atoms with E-state index in [1.165, 1.54) is 19.5 Å². The number of ether oxygens (including phenoxy) is 1. The van der Waals surface area contributed by atoms with E-state index in [0.29, 0.717) is 5.69 Å². The van der Waals surface area contributed by atoms with Crippen molar-refractivity contribution in [2.45, 2.75) is 0 Å². The third-order valence-electron chi connectivity index (χ3n) is 3.08. The number of hydrogen-bond acceptors (Lipinski definition) is 6. The number of methoxy groups -OCH3 is 1. The van der Waals surface area contributed by atoms with Crippen LogP contribution in [0.4, 0.5) is 5.69 Å². The van der Waals surface area contributed by atoms with Crippen LogP contribution in [-0.2, 0) is 9.53 Å². The first-order chi connectivity index (χ1) is 12.2. The molecule has 0 aliphatic heterocycles. The molecule has 0 bridgehead atoms. The van der Waals surface area contributed by atoms with E-state index in [-0.39, 0.29) is 11.3 Å². The maximum atomic E-state index is 11.9. The van der Waals surface area contributed by atoms with Crippen LogP contribution in [0.15, 0.2) is 71.2 Å². The summed E-state index contributed by atoms with van der Waals surface area (Å²) >= 11 is 3.41. The van der Waals surface area contributed by atoms with Crippen LogP contribution in [0.25, 0.3) is 5.57 Å². The van der Waals surface area contributed by atoms with Gasteiger partial charge in [0.05, 0.1) is 24.1 Å². The Hall–Kier alpha value is -3.11. The van der Waals surface area contributed by atoms with Gasteiger partial charge in [0.25, 0.3) is 0 Å². The van der Waals surface area contributed by atoms with E-state index in [2.05, 4.69) is 31.5 Å². The maximum absolute atomic E-state index is 11.9. The van der Waals surface area contributed by atoms with Crippen LogP contribution >= 0.6 is 15.9 Å². The molecule has 0 aliphatic rings. The number of nitrogens with one attached hydrogen (secondary N) is 2. The second-order valence-electron chi connectivity index (χ2n) is 4.70. The molecule has 2 N–H and O–H groups in total. The number of benzene rings is 1.